The summed E-state index contributed by atoms with van der Waals surface area (Å²) in [5.74, 6) is 1.02. The van der Waals surface area contributed by atoms with Crippen LogP contribution in [0.4, 0.5) is 0 Å². The van der Waals surface area contributed by atoms with Gasteiger partial charge in [0.05, 0.1) is 13.2 Å². The summed E-state index contributed by atoms with van der Waals surface area (Å²) in [4.78, 5) is 15.6. The van der Waals surface area contributed by atoms with Crippen molar-refractivity contribution in [3.63, 3.8) is 0 Å². The SMILES string of the molecule is COCCOCC(=O)CCc1nccn1C. The van der Waals surface area contributed by atoms with Gasteiger partial charge in [0.25, 0.3) is 0 Å². The van der Waals surface area contributed by atoms with Crippen LogP contribution in [0.1, 0.15) is 12.2 Å². The van der Waals surface area contributed by atoms with Crippen LogP contribution in [0.5, 0.6) is 0 Å². The third kappa shape index (κ3) is 4.55. The topological polar surface area (TPSA) is 53.4 Å². The lowest BCUT2D eigenvalue weighted by molar-refractivity contribution is -0.124. The number of imidazole rings is 1. The van der Waals surface area contributed by atoms with Crippen LogP contribution in [-0.2, 0) is 27.7 Å². The van der Waals surface area contributed by atoms with E-state index in [0.717, 1.165) is 5.82 Å². The molecule has 0 amide bonds. The Balaban J connectivity index is 2.13. The molecule has 0 atom stereocenters. The number of aryl methyl sites for hydroxylation is 2. The third-order valence-electron chi connectivity index (χ3n) is 2.24. The Morgan fingerprint density at radius 1 is 1.50 bits per heavy atom. The van der Waals surface area contributed by atoms with E-state index >= 15 is 0 Å². The third-order valence-corrected chi connectivity index (χ3v) is 2.24. The van der Waals surface area contributed by atoms with Crippen molar-refractivity contribution in [2.75, 3.05) is 26.9 Å². The zero-order chi connectivity index (χ0) is 11.8. The van der Waals surface area contributed by atoms with E-state index in [1.807, 2.05) is 17.8 Å². The molecule has 0 fully saturated rings. The van der Waals surface area contributed by atoms with E-state index in [1.54, 1.807) is 13.3 Å². The van der Waals surface area contributed by atoms with Gasteiger partial charge in [-0.05, 0) is 0 Å². The molecule has 0 bridgehead atoms. The van der Waals surface area contributed by atoms with Gasteiger partial charge in [0.2, 0.25) is 0 Å². The van der Waals surface area contributed by atoms with Crippen molar-refractivity contribution in [3.8, 4) is 0 Å². The van der Waals surface area contributed by atoms with Crippen LogP contribution in [0.25, 0.3) is 0 Å². The Hall–Kier alpha value is -1.20. The lowest BCUT2D eigenvalue weighted by Crippen LogP contribution is -2.13. The van der Waals surface area contributed by atoms with Crippen molar-refractivity contribution in [1.29, 1.82) is 0 Å². The Labute approximate surface area is 95.4 Å². The van der Waals surface area contributed by atoms with Gasteiger partial charge in [0.1, 0.15) is 12.4 Å². The first-order valence-electron chi connectivity index (χ1n) is 5.28. The van der Waals surface area contributed by atoms with Crippen molar-refractivity contribution >= 4 is 5.78 Å². The number of rotatable bonds is 8. The molecule has 0 spiro atoms. The highest BCUT2D eigenvalue weighted by molar-refractivity contribution is 5.79. The number of hydrogen-bond acceptors (Lipinski definition) is 4. The van der Waals surface area contributed by atoms with Gasteiger partial charge in [-0.1, -0.05) is 0 Å². The summed E-state index contributed by atoms with van der Waals surface area (Å²) in [6.45, 7) is 1.14. The summed E-state index contributed by atoms with van der Waals surface area (Å²) in [5, 5.41) is 0. The molecule has 5 heteroatoms. The van der Waals surface area contributed by atoms with Crippen LogP contribution in [0.2, 0.25) is 0 Å². The molecule has 90 valence electrons. The van der Waals surface area contributed by atoms with Crippen molar-refractivity contribution in [2.45, 2.75) is 12.8 Å². The molecular formula is C11H18N2O3. The first-order chi connectivity index (χ1) is 7.74. The maximum Gasteiger partial charge on any atom is 0.158 e. The molecule has 0 unspecified atom stereocenters. The summed E-state index contributed by atoms with van der Waals surface area (Å²) < 4.78 is 11.9. The van der Waals surface area contributed by atoms with E-state index in [2.05, 4.69) is 4.98 Å². The van der Waals surface area contributed by atoms with Crippen molar-refractivity contribution < 1.29 is 14.3 Å². The summed E-state index contributed by atoms with van der Waals surface area (Å²) in [5.41, 5.74) is 0. The second-order valence-corrected chi connectivity index (χ2v) is 3.54. The van der Waals surface area contributed by atoms with E-state index in [-0.39, 0.29) is 12.4 Å². The van der Waals surface area contributed by atoms with Gasteiger partial charge >= 0.3 is 0 Å². The monoisotopic (exact) mass is 226 g/mol. The molecule has 0 aromatic carbocycles. The van der Waals surface area contributed by atoms with Crippen LogP contribution in [0.3, 0.4) is 0 Å². The van der Waals surface area contributed by atoms with Gasteiger partial charge in [0.15, 0.2) is 5.78 Å². The number of ketones is 1. The first kappa shape index (κ1) is 12.9. The Morgan fingerprint density at radius 3 is 2.94 bits per heavy atom. The number of Topliss-reactive ketones (excluding diaryl/α,β-unsaturated/α-hetero) is 1. The van der Waals surface area contributed by atoms with E-state index in [1.165, 1.54) is 0 Å². The standard InChI is InChI=1S/C11H18N2O3/c1-13-6-5-12-11(13)4-3-10(14)9-16-8-7-15-2/h5-6H,3-4,7-9H2,1-2H3. The average molecular weight is 226 g/mol. The Kier molecular flexibility index (Phi) is 5.74. The highest BCUT2D eigenvalue weighted by Crippen LogP contribution is 1.99. The number of nitrogens with zero attached hydrogens (tertiary/aromatic N) is 2. The van der Waals surface area contributed by atoms with Gasteiger partial charge in [0, 0.05) is 39.4 Å². The number of aromatic nitrogens is 2. The molecule has 0 radical (unpaired) electrons. The number of ether oxygens (including phenoxy) is 2. The van der Waals surface area contributed by atoms with Gasteiger partial charge in [-0.15, -0.1) is 0 Å². The normalized spacial score (nSPS) is 10.6. The lowest BCUT2D eigenvalue weighted by atomic mass is 10.2. The van der Waals surface area contributed by atoms with Crippen molar-refractivity contribution in [3.05, 3.63) is 18.2 Å². The van der Waals surface area contributed by atoms with Gasteiger partial charge in [-0.2, -0.15) is 0 Å². The quantitative estimate of drug-likeness (QED) is 0.609. The molecule has 16 heavy (non-hydrogen) atoms. The number of carbonyl (C=O) groups is 1. The fraction of sp³-hybridized carbons (Fsp3) is 0.636. The fourth-order valence-electron chi connectivity index (χ4n) is 1.29. The van der Waals surface area contributed by atoms with Crippen molar-refractivity contribution in [1.82, 2.24) is 9.55 Å². The minimum absolute atomic E-state index is 0.0964. The molecule has 0 N–H and O–H groups in total. The summed E-state index contributed by atoms with van der Waals surface area (Å²) >= 11 is 0. The summed E-state index contributed by atoms with van der Waals surface area (Å²) in [6.07, 6.45) is 4.73. The lowest BCUT2D eigenvalue weighted by Gasteiger charge is -2.03. The van der Waals surface area contributed by atoms with E-state index in [0.29, 0.717) is 26.1 Å². The van der Waals surface area contributed by atoms with Crippen LogP contribution in [-0.4, -0.2) is 42.3 Å². The van der Waals surface area contributed by atoms with Crippen LogP contribution in [0, 0.1) is 0 Å². The molecule has 0 saturated heterocycles. The largest absolute Gasteiger partial charge is 0.382 e. The summed E-state index contributed by atoms with van der Waals surface area (Å²) in [7, 11) is 3.52. The number of methoxy groups -OCH3 is 1. The van der Waals surface area contributed by atoms with Crippen LogP contribution < -0.4 is 0 Å². The summed E-state index contributed by atoms with van der Waals surface area (Å²) in [6, 6.07) is 0. The Bertz CT molecular complexity index is 323. The Morgan fingerprint density at radius 2 is 2.31 bits per heavy atom. The minimum Gasteiger partial charge on any atom is -0.382 e. The highest BCUT2D eigenvalue weighted by Gasteiger charge is 2.05. The first-order valence-corrected chi connectivity index (χ1v) is 5.28. The molecule has 1 aromatic heterocycles. The average Bonchev–Trinajstić information content (AvgIpc) is 2.67. The van der Waals surface area contributed by atoms with E-state index in [4.69, 9.17) is 9.47 Å². The smallest absolute Gasteiger partial charge is 0.158 e. The predicted octanol–water partition coefficient (Wildman–Crippen LogP) is 0.585. The molecule has 1 rings (SSSR count). The molecule has 0 aliphatic rings. The van der Waals surface area contributed by atoms with Crippen LogP contribution >= 0.6 is 0 Å². The van der Waals surface area contributed by atoms with Gasteiger partial charge < -0.3 is 14.0 Å². The molecule has 0 saturated carbocycles. The fourth-order valence-corrected chi connectivity index (χ4v) is 1.29. The molecular weight excluding hydrogens is 208 g/mol. The molecule has 1 heterocycles. The molecule has 5 nitrogen and oxygen atoms in total. The second kappa shape index (κ2) is 7.14. The molecule has 1 aromatic rings. The second-order valence-electron chi connectivity index (χ2n) is 3.54. The molecule has 0 aliphatic carbocycles. The zero-order valence-electron chi connectivity index (χ0n) is 9.81. The van der Waals surface area contributed by atoms with Gasteiger partial charge in [-0.25, -0.2) is 4.98 Å². The molecule has 0 aliphatic heterocycles. The van der Waals surface area contributed by atoms with Crippen LogP contribution in [0.15, 0.2) is 12.4 Å². The van der Waals surface area contributed by atoms with E-state index < -0.39 is 0 Å². The van der Waals surface area contributed by atoms with E-state index in [9.17, 15) is 4.79 Å². The maximum atomic E-state index is 11.4. The van der Waals surface area contributed by atoms with Gasteiger partial charge in [-0.3, -0.25) is 4.79 Å². The number of hydrogen-bond donors (Lipinski definition) is 0. The number of carbonyl (C=O) groups excluding carboxylic acids is 1. The highest BCUT2D eigenvalue weighted by atomic mass is 16.5. The predicted molar refractivity (Wildman–Crippen MR) is 59.2 cm³/mol. The zero-order valence-corrected chi connectivity index (χ0v) is 9.81. The maximum absolute atomic E-state index is 11.4. The minimum atomic E-state index is 0.0964. The van der Waals surface area contributed by atoms with Crippen molar-refractivity contribution in [2.24, 2.45) is 7.05 Å².